The Morgan fingerprint density at radius 1 is 1.36 bits per heavy atom. The van der Waals surface area contributed by atoms with Crippen LogP contribution in [0.25, 0.3) is 0 Å². The average molecular weight is 212 g/mol. The van der Waals surface area contributed by atoms with Gasteiger partial charge in [-0.25, -0.2) is 0 Å². The molecule has 0 saturated carbocycles. The minimum Gasteiger partial charge on any atom is -0.418 e. The highest BCUT2D eigenvalue weighted by Crippen LogP contribution is 2.06. The van der Waals surface area contributed by atoms with Crippen LogP contribution in [0.3, 0.4) is 0 Å². The molecule has 0 fully saturated rings. The molecule has 1 aromatic heterocycles. The van der Waals surface area contributed by atoms with Crippen LogP contribution in [0.5, 0.6) is 0 Å². The number of aryl methyl sites for hydroxylation is 2. The minimum atomic E-state index is -6.00. The topological polar surface area (TPSA) is 34.6 Å². The van der Waals surface area contributed by atoms with Gasteiger partial charge in [-0.05, 0) is 6.42 Å². The van der Waals surface area contributed by atoms with E-state index in [9.17, 15) is 17.3 Å². The maximum atomic E-state index is 9.75. The zero-order valence-corrected chi connectivity index (χ0v) is 7.50. The molecule has 1 aliphatic heterocycles. The Morgan fingerprint density at radius 2 is 1.93 bits per heavy atom. The molecule has 0 atom stereocenters. The fourth-order valence-corrected chi connectivity index (χ4v) is 1.23. The number of rotatable bonds is 0. The van der Waals surface area contributed by atoms with Crippen LogP contribution in [-0.2, 0) is 20.0 Å². The summed E-state index contributed by atoms with van der Waals surface area (Å²) in [6.07, 6.45) is 2.35. The van der Waals surface area contributed by atoms with Crippen molar-refractivity contribution in [3.63, 3.8) is 0 Å². The van der Waals surface area contributed by atoms with Crippen molar-refractivity contribution in [2.75, 3.05) is 0 Å². The summed E-state index contributed by atoms with van der Waals surface area (Å²) in [7, 11) is -4.07. The zero-order chi connectivity index (χ0) is 10.8. The molecule has 0 saturated heterocycles. The van der Waals surface area contributed by atoms with Crippen LogP contribution in [0.1, 0.15) is 12.2 Å². The van der Waals surface area contributed by atoms with Gasteiger partial charge in [-0.1, -0.05) is 4.68 Å². The molecular weight excluding hydrogens is 203 g/mol. The second-order valence-electron chi connectivity index (χ2n) is 2.84. The summed E-state index contributed by atoms with van der Waals surface area (Å²) in [5.41, 5.74) is 0. The van der Waals surface area contributed by atoms with Crippen LogP contribution in [0, 0.1) is 0 Å². The van der Waals surface area contributed by atoms with E-state index in [0.717, 1.165) is 13.0 Å². The van der Waals surface area contributed by atoms with Crippen LogP contribution < -0.4 is 4.68 Å². The first-order chi connectivity index (χ1) is 6.38. The number of hydrogen-bond donors (Lipinski definition) is 0. The molecule has 0 unspecified atom stereocenters. The molecule has 0 amide bonds. The van der Waals surface area contributed by atoms with Crippen LogP contribution in [-0.4, -0.2) is 22.4 Å². The molecule has 0 aliphatic carbocycles. The van der Waals surface area contributed by atoms with Crippen molar-refractivity contribution in [2.45, 2.75) is 19.4 Å². The molecule has 14 heavy (non-hydrogen) atoms. The van der Waals surface area contributed by atoms with E-state index < -0.39 is 7.25 Å². The summed E-state index contributed by atoms with van der Waals surface area (Å²) in [6.45, 7) is 1.04. The van der Waals surface area contributed by atoms with Crippen molar-refractivity contribution in [3.05, 3.63) is 5.82 Å². The van der Waals surface area contributed by atoms with Crippen molar-refractivity contribution >= 4 is 7.25 Å². The van der Waals surface area contributed by atoms with E-state index in [2.05, 4.69) is 10.4 Å². The first kappa shape index (κ1) is 10.9. The quantitative estimate of drug-likeness (QED) is 0.353. The van der Waals surface area contributed by atoms with Crippen molar-refractivity contribution in [2.24, 2.45) is 7.05 Å². The standard InChI is InChI=1S/C5H9N4.BF4/c1-8-5-3-2-4-9(5)7-6-8;2-1(3,4)5/h2-4H2,1H3;/q+1;-1. The first-order valence-electron chi connectivity index (χ1n) is 4.04. The molecule has 0 bridgehead atoms. The summed E-state index contributed by atoms with van der Waals surface area (Å²) in [4.78, 5) is 0. The van der Waals surface area contributed by atoms with Crippen molar-refractivity contribution in [1.82, 2.24) is 15.1 Å². The van der Waals surface area contributed by atoms with E-state index in [4.69, 9.17) is 0 Å². The maximum absolute atomic E-state index is 9.75. The van der Waals surface area contributed by atoms with Gasteiger partial charge < -0.3 is 17.3 Å². The first-order valence-corrected chi connectivity index (χ1v) is 4.04. The molecule has 1 aliphatic rings. The van der Waals surface area contributed by atoms with Crippen molar-refractivity contribution < 1.29 is 21.9 Å². The summed E-state index contributed by atoms with van der Waals surface area (Å²) >= 11 is 0. The Kier molecular flexibility index (Phi) is 3.07. The highest BCUT2D eigenvalue weighted by Gasteiger charge is 2.22. The molecule has 1 aromatic rings. The monoisotopic (exact) mass is 212 g/mol. The fourth-order valence-electron chi connectivity index (χ4n) is 1.23. The van der Waals surface area contributed by atoms with E-state index in [-0.39, 0.29) is 0 Å². The van der Waals surface area contributed by atoms with E-state index in [1.54, 1.807) is 0 Å². The van der Waals surface area contributed by atoms with Crippen molar-refractivity contribution in [1.29, 1.82) is 0 Å². The van der Waals surface area contributed by atoms with Gasteiger partial charge >= 0.3 is 7.25 Å². The van der Waals surface area contributed by atoms with Gasteiger partial charge in [-0.15, -0.1) is 4.68 Å². The third-order valence-electron chi connectivity index (χ3n) is 1.72. The second-order valence-corrected chi connectivity index (χ2v) is 2.84. The third-order valence-corrected chi connectivity index (χ3v) is 1.72. The molecule has 2 heterocycles. The number of fused-ring (bicyclic) bond motifs is 1. The molecule has 0 spiro atoms. The van der Waals surface area contributed by atoms with Gasteiger partial charge in [0.2, 0.25) is 0 Å². The Labute approximate surface area is 77.6 Å². The smallest absolute Gasteiger partial charge is 0.418 e. The molecule has 80 valence electrons. The predicted octanol–water partition coefficient (Wildman–Crippen LogP) is 0.349. The molecule has 0 radical (unpaired) electrons. The predicted molar refractivity (Wildman–Crippen MR) is 39.7 cm³/mol. The number of halogens is 4. The lowest BCUT2D eigenvalue weighted by molar-refractivity contribution is -0.738. The third kappa shape index (κ3) is 3.31. The molecular formula is C5H9BF4N4. The Bertz CT molecular complexity index is 303. The number of nitrogens with zero attached hydrogens (tertiary/aromatic N) is 4. The molecule has 0 aromatic carbocycles. The van der Waals surface area contributed by atoms with E-state index >= 15 is 0 Å². The van der Waals surface area contributed by atoms with Gasteiger partial charge in [0.15, 0.2) is 5.21 Å². The average Bonchev–Trinajstić information content (AvgIpc) is 2.52. The normalized spacial score (nSPS) is 14.6. The summed E-state index contributed by atoms with van der Waals surface area (Å²) < 4.78 is 42.8. The van der Waals surface area contributed by atoms with Crippen molar-refractivity contribution in [3.8, 4) is 0 Å². The number of hydrogen-bond acceptors (Lipinski definition) is 2. The largest absolute Gasteiger partial charge is 0.673 e. The Balaban J connectivity index is 0.000000171. The zero-order valence-electron chi connectivity index (χ0n) is 7.50. The molecule has 2 rings (SSSR count). The number of tetrazole rings is 1. The van der Waals surface area contributed by atoms with E-state index in [1.807, 2.05) is 16.4 Å². The lowest BCUT2D eigenvalue weighted by Gasteiger charge is -1.94. The Hall–Kier alpha value is -1.15. The summed E-state index contributed by atoms with van der Waals surface area (Å²) in [6, 6.07) is 0. The Morgan fingerprint density at radius 3 is 2.43 bits per heavy atom. The highest BCUT2D eigenvalue weighted by molar-refractivity contribution is 6.50. The lowest BCUT2D eigenvalue weighted by atomic mass is 10.3. The lowest BCUT2D eigenvalue weighted by Crippen LogP contribution is -2.34. The SMILES string of the molecule is C[n+]1nnn2c1CCC2.F[B-](F)(F)F. The fraction of sp³-hybridized carbons (Fsp3) is 0.800. The van der Waals surface area contributed by atoms with E-state index in [0.29, 0.717) is 0 Å². The van der Waals surface area contributed by atoms with Crippen LogP contribution in [0.2, 0.25) is 0 Å². The summed E-state index contributed by atoms with van der Waals surface area (Å²) in [5, 5.41) is 7.79. The van der Waals surface area contributed by atoms with Gasteiger partial charge in [0.25, 0.3) is 5.82 Å². The molecule has 9 heteroatoms. The van der Waals surface area contributed by atoms with Gasteiger partial charge in [0.1, 0.15) is 11.8 Å². The van der Waals surface area contributed by atoms with Crippen LogP contribution in [0.15, 0.2) is 0 Å². The highest BCUT2D eigenvalue weighted by atomic mass is 19.5. The van der Waals surface area contributed by atoms with E-state index in [1.165, 1.54) is 12.2 Å². The van der Waals surface area contributed by atoms with Gasteiger partial charge in [-0.3, -0.25) is 0 Å². The second kappa shape index (κ2) is 3.93. The van der Waals surface area contributed by atoms with Crippen LogP contribution in [0.4, 0.5) is 17.3 Å². The van der Waals surface area contributed by atoms with Gasteiger partial charge in [0, 0.05) is 6.42 Å². The maximum Gasteiger partial charge on any atom is 0.673 e. The summed E-state index contributed by atoms with van der Waals surface area (Å²) in [5.74, 6) is 1.25. The van der Waals surface area contributed by atoms with Crippen LogP contribution >= 0.6 is 0 Å². The van der Waals surface area contributed by atoms with Gasteiger partial charge in [-0.2, -0.15) is 0 Å². The molecule has 4 nitrogen and oxygen atoms in total. The minimum absolute atomic E-state index is 1.04. The number of aromatic nitrogens is 4. The molecule has 0 N–H and O–H groups in total. The van der Waals surface area contributed by atoms with Gasteiger partial charge in [0.05, 0.1) is 7.05 Å².